The van der Waals surface area contributed by atoms with Gasteiger partial charge in [0.05, 0.1) is 9.92 Å². The second-order valence-electron chi connectivity index (χ2n) is 4.25. The SMILES string of the molecule is O=C(O)CN(C1CC1)S(=O)(=O)c1ccc(F)c(Cl)c1. The summed E-state index contributed by atoms with van der Waals surface area (Å²) in [7, 11) is -3.97. The number of benzene rings is 1. The van der Waals surface area contributed by atoms with E-state index in [1.54, 1.807) is 0 Å². The van der Waals surface area contributed by atoms with Gasteiger partial charge in [-0.05, 0) is 31.0 Å². The molecule has 19 heavy (non-hydrogen) atoms. The normalized spacial score (nSPS) is 15.7. The lowest BCUT2D eigenvalue weighted by atomic mass is 10.3. The summed E-state index contributed by atoms with van der Waals surface area (Å²) < 4.78 is 38.5. The number of rotatable bonds is 5. The number of halogens is 2. The molecule has 2 rings (SSSR count). The zero-order chi connectivity index (χ0) is 14.2. The van der Waals surface area contributed by atoms with E-state index in [2.05, 4.69) is 0 Å². The third-order valence-corrected chi connectivity index (χ3v) is 4.93. The van der Waals surface area contributed by atoms with Gasteiger partial charge in [0.25, 0.3) is 0 Å². The zero-order valence-corrected chi connectivity index (χ0v) is 11.3. The first-order chi connectivity index (χ1) is 8.82. The summed E-state index contributed by atoms with van der Waals surface area (Å²) >= 11 is 5.55. The summed E-state index contributed by atoms with van der Waals surface area (Å²) in [4.78, 5) is 10.5. The summed E-state index contributed by atoms with van der Waals surface area (Å²) in [6.07, 6.45) is 1.25. The maximum Gasteiger partial charge on any atom is 0.318 e. The number of hydrogen-bond donors (Lipinski definition) is 1. The standard InChI is InChI=1S/C11H11ClFNO4S/c12-9-5-8(3-4-10(9)13)19(17,18)14(6-11(15)16)7-1-2-7/h3-5,7H,1-2,6H2,(H,15,16). The van der Waals surface area contributed by atoms with Crippen molar-refractivity contribution in [1.29, 1.82) is 0 Å². The lowest BCUT2D eigenvalue weighted by molar-refractivity contribution is -0.137. The van der Waals surface area contributed by atoms with Crippen molar-refractivity contribution in [3.63, 3.8) is 0 Å². The van der Waals surface area contributed by atoms with Crippen LogP contribution in [0, 0.1) is 5.82 Å². The lowest BCUT2D eigenvalue weighted by Gasteiger charge is -2.19. The van der Waals surface area contributed by atoms with Gasteiger partial charge < -0.3 is 5.11 Å². The van der Waals surface area contributed by atoms with Gasteiger partial charge in [0, 0.05) is 6.04 Å². The average Bonchev–Trinajstić information content (AvgIpc) is 3.13. The minimum Gasteiger partial charge on any atom is -0.480 e. The fourth-order valence-corrected chi connectivity index (χ4v) is 3.59. The fourth-order valence-electron chi connectivity index (χ4n) is 1.68. The maximum atomic E-state index is 13.0. The van der Waals surface area contributed by atoms with Gasteiger partial charge in [-0.3, -0.25) is 4.79 Å². The Morgan fingerprint density at radius 2 is 2.11 bits per heavy atom. The molecule has 0 atom stereocenters. The molecule has 0 radical (unpaired) electrons. The summed E-state index contributed by atoms with van der Waals surface area (Å²) in [6, 6.07) is 2.71. The van der Waals surface area contributed by atoms with E-state index in [4.69, 9.17) is 16.7 Å². The van der Waals surface area contributed by atoms with Gasteiger partial charge in [-0.2, -0.15) is 4.31 Å². The Morgan fingerprint density at radius 3 is 2.58 bits per heavy atom. The molecule has 1 aliphatic carbocycles. The predicted octanol–water partition coefficient (Wildman–Crippen LogP) is 1.72. The summed E-state index contributed by atoms with van der Waals surface area (Å²) in [5.41, 5.74) is 0. The minimum atomic E-state index is -3.97. The van der Waals surface area contributed by atoms with E-state index in [1.165, 1.54) is 0 Å². The Balaban J connectivity index is 2.38. The van der Waals surface area contributed by atoms with Crippen LogP contribution in [0.15, 0.2) is 23.1 Å². The highest BCUT2D eigenvalue weighted by atomic mass is 35.5. The number of carboxylic acid groups (broad SMARTS) is 1. The number of carbonyl (C=O) groups is 1. The van der Waals surface area contributed by atoms with Gasteiger partial charge in [-0.1, -0.05) is 11.6 Å². The van der Waals surface area contributed by atoms with Crippen molar-refractivity contribution in [2.45, 2.75) is 23.8 Å². The molecular weight excluding hydrogens is 297 g/mol. The summed E-state index contributed by atoms with van der Waals surface area (Å²) in [6.45, 7) is -0.609. The Bertz CT molecular complexity index is 615. The number of nitrogens with zero attached hydrogens (tertiary/aromatic N) is 1. The maximum absolute atomic E-state index is 13.0. The molecule has 1 aromatic rings. The molecule has 0 bridgehead atoms. The van der Waals surface area contributed by atoms with E-state index in [-0.39, 0.29) is 16.0 Å². The monoisotopic (exact) mass is 307 g/mol. The number of sulfonamides is 1. The van der Waals surface area contributed by atoms with Gasteiger partial charge in [-0.15, -0.1) is 0 Å². The largest absolute Gasteiger partial charge is 0.480 e. The third kappa shape index (κ3) is 3.05. The minimum absolute atomic E-state index is 0.202. The molecule has 0 saturated heterocycles. The van der Waals surface area contributed by atoms with Crippen LogP contribution in [0.2, 0.25) is 5.02 Å². The topological polar surface area (TPSA) is 74.7 Å². The number of carboxylic acids is 1. The molecule has 1 aromatic carbocycles. The molecule has 0 spiro atoms. The van der Waals surface area contributed by atoms with Crippen LogP contribution in [0.1, 0.15) is 12.8 Å². The molecule has 5 nitrogen and oxygen atoms in total. The lowest BCUT2D eigenvalue weighted by Crippen LogP contribution is -2.37. The number of hydrogen-bond acceptors (Lipinski definition) is 3. The molecule has 1 fully saturated rings. The Kier molecular flexibility index (Phi) is 3.80. The molecule has 0 amide bonds. The highest BCUT2D eigenvalue weighted by Crippen LogP contribution is 2.32. The van der Waals surface area contributed by atoms with Crippen LogP contribution in [0.4, 0.5) is 4.39 Å². The quantitative estimate of drug-likeness (QED) is 0.898. The van der Waals surface area contributed by atoms with E-state index >= 15 is 0 Å². The van der Waals surface area contributed by atoms with Gasteiger partial charge >= 0.3 is 5.97 Å². The van der Waals surface area contributed by atoms with Crippen LogP contribution in [0.3, 0.4) is 0 Å². The zero-order valence-electron chi connectivity index (χ0n) is 9.71. The van der Waals surface area contributed by atoms with E-state index in [0.29, 0.717) is 12.8 Å². The van der Waals surface area contributed by atoms with Gasteiger partial charge in [0.1, 0.15) is 12.4 Å². The van der Waals surface area contributed by atoms with E-state index in [1.807, 2.05) is 0 Å². The molecule has 0 heterocycles. The molecule has 1 saturated carbocycles. The van der Waals surface area contributed by atoms with Crippen molar-refractivity contribution in [3.05, 3.63) is 29.0 Å². The summed E-state index contributed by atoms with van der Waals surface area (Å²) in [5.74, 6) is -1.96. The first-order valence-electron chi connectivity index (χ1n) is 5.51. The van der Waals surface area contributed by atoms with Gasteiger partial charge in [0.2, 0.25) is 10.0 Å². The number of aliphatic carboxylic acids is 1. The predicted molar refractivity (Wildman–Crippen MR) is 66.0 cm³/mol. The van der Waals surface area contributed by atoms with Crippen LogP contribution in [-0.2, 0) is 14.8 Å². The van der Waals surface area contributed by atoms with Crippen LogP contribution in [-0.4, -0.2) is 36.4 Å². The highest BCUT2D eigenvalue weighted by Gasteiger charge is 2.39. The molecule has 1 aliphatic rings. The van der Waals surface area contributed by atoms with Crippen LogP contribution < -0.4 is 0 Å². The van der Waals surface area contributed by atoms with Crippen molar-refractivity contribution in [2.24, 2.45) is 0 Å². The third-order valence-electron chi connectivity index (χ3n) is 2.74. The van der Waals surface area contributed by atoms with Crippen molar-refractivity contribution >= 4 is 27.6 Å². The van der Waals surface area contributed by atoms with Gasteiger partial charge in [-0.25, -0.2) is 12.8 Å². The smallest absolute Gasteiger partial charge is 0.318 e. The van der Waals surface area contributed by atoms with E-state index < -0.39 is 28.4 Å². The Morgan fingerprint density at radius 1 is 1.47 bits per heavy atom. The molecule has 1 N–H and O–H groups in total. The second-order valence-corrected chi connectivity index (χ2v) is 6.55. The Labute approximate surface area is 114 Å². The van der Waals surface area contributed by atoms with E-state index in [0.717, 1.165) is 22.5 Å². The first kappa shape index (κ1) is 14.2. The first-order valence-corrected chi connectivity index (χ1v) is 7.33. The molecule has 0 aromatic heterocycles. The van der Waals surface area contributed by atoms with Crippen LogP contribution in [0.25, 0.3) is 0 Å². The highest BCUT2D eigenvalue weighted by molar-refractivity contribution is 7.89. The molecule has 8 heteroatoms. The van der Waals surface area contributed by atoms with Crippen molar-refractivity contribution in [3.8, 4) is 0 Å². The van der Waals surface area contributed by atoms with Crippen molar-refractivity contribution in [2.75, 3.05) is 6.54 Å². The van der Waals surface area contributed by atoms with Crippen LogP contribution >= 0.6 is 11.6 Å². The second kappa shape index (κ2) is 5.07. The average molecular weight is 308 g/mol. The Hall–Kier alpha value is -1.18. The molecule has 0 unspecified atom stereocenters. The molecule has 0 aliphatic heterocycles. The van der Waals surface area contributed by atoms with Crippen molar-refractivity contribution in [1.82, 2.24) is 4.31 Å². The summed E-state index contributed by atoms with van der Waals surface area (Å²) in [5, 5.41) is 8.46. The molecule has 104 valence electrons. The van der Waals surface area contributed by atoms with Gasteiger partial charge in [0.15, 0.2) is 0 Å². The molecular formula is C11H11ClFNO4S. The van der Waals surface area contributed by atoms with Crippen molar-refractivity contribution < 1.29 is 22.7 Å². The fraction of sp³-hybridized carbons (Fsp3) is 0.364. The van der Waals surface area contributed by atoms with E-state index in [9.17, 15) is 17.6 Å². The van der Waals surface area contributed by atoms with Crippen LogP contribution in [0.5, 0.6) is 0 Å².